The van der Waals surface area contributed by atoms with Crippen LogP contribution in [0.25, 0.3) is 0 Å². The summed E-state index contributed by atoms with van der Waals surface area (Å²) < 4.78 is 31.2. The molecule has 2 aromatic rings. The number of anilines is 1. The molecule has 0 unspecified atom stereocenters. The number of para-hydroxylation sites is 1. The van der Waals surface area contributed by atoms with Crippen LogP contribution >= 0.6 is 11.6 Å². The summed E-state index contributed by atoms with van der Waals surface area (Å²) in [5.41, 5.74) is 1.96. The van der Waals surface area contributed by atoms with E-state index in [0.29, 0.717) is 16.5 Å². The van der Waals surface area contributed by atoms with E-state index in [1.54, 1.807) is 38.3 Å². The van der Waals surface area contributed by atoms with Crippen molar-refractivity contribution < 1.29 is 17.9 Å². The third-order valence-electron chi connectivity index (χ3n) is 4.46. The highest BCUT2D eigenvalue weighted by atomic mass is 35.5. The van der Waals surface area contributed by atoms with E-state index in [9.17, 15) is 13.2 Å². The van der Waals surface area contributed by atoms with Gasteiger partial charge in [-0.15, -0.1) is 0 Å². The van der Waals surface area contributed by atoms with Gasteiger partial charge in [0, 0.05) is 10.6 Å². The first-order chi connectivity index (χ1) is 13.1. The quantitative estimate of drug-likeness (QED) is 0.735. The number of amides is 1. The van der Waals surface area contributed by atoms with Crippen LogP contribution in [0.4, 0.5) is 5.69 Å². The summed E-state index contributed by atoms with van der Waals surface area (Å²) in [5.74, 6) is 0.216. The van der Waals surface area contributed by atoms with Crippen molar-refractivity contribution >= 4 is 33.2 Å². The van der Waals surface area contributed by atoms with E-state index < -0.39 is 22.0 Å². The highest BCUT2D eigenvalue weighted by Crippen LogP contribution is 2.28. The number of halogens is 1. The fourth-order valence-electron chi connectivity index (χ4n) is 2.96. The molecular formula is C20H25ClN2O4S. The molecule has 1 N–H and O–H groups in total. The molecule has 0 aliphatic carbocycles. The van der Waals surface area contributed by atoms with Gasteiger partial charge in [-0.05, 0) is 44.5 Å². The maximum atomic E-state index is 12.8. The minimum atomic E-state index is -3.72. The maximum Gasteiger partial charge on any atom is 0.244 e. The Morgan fingerprint density at radius 3 is 2.39 bits per heavy atom. The highest BCUT2D eigenvalue weighted by Gasteiger charge is 2.30. The van der Waals surface area contributed by atoms with E-state index in [-0.39, 0.29) is 6.04 Å². The summed E-state index contributed by atoms with van der Waals surface area (Å²) >= 11 is 6.15. The van der Waals surface area contributed by atoms with Gasteiger partial charge in [-0.25, -0.2) is 8.42 Å². The SMILES string of the molecule is COc1ccccc1[C@H](C)NC(=O)[C@H](C)N(c1ccc(C)c(Cl)c1)S(C)(=O)=O. The van der Waals surface area contributed by atoms with Crippen LogP contribution in [0.3, 0.4) is 0 Å². The molecule has 0 aliphatic rings. The lowest BCUT2D eigenvalue weighted by Gasteiger charge is -2.29. The Morgan fingerprint density at radius 2 is 1.82 bits per heavy atom. The fourth-order valence-corrected chi connectivity index (χ4v) is 4.31. The molecule has 0 heterocycles. The molecule has 0 saturated heterocycles. The van der Waals surface area contributed by atoms with Crippen molar-refractivity contribution in [1.29, 1.82) is 0 Å². The van der Waals surface area contributed by atoms with Crippen molar-refractivity contribution in [1.82, 2.24) is 5.32 Å². The van der Waals surface area contributed by atoms with Gasteiger partial charge < -0.3 is 10.1 Å². The first kappa shape index (κ1) is 22.0. The first-order valence-corrected chi connectivity index (χ1v) is 11.0. The lowest BCUT2D eigenvalue weighted by molar-refractivity contribution is -0.122. The van der Waals surface area contributed by atoms with Crippen molar-refractivity contribution in [3.63, 3.8) is 0 Å². The lowest BCUT2D eigenvalue weighted by atomic mass is 10.1. The van der Waals surface area contributed by atoms with Crippen LogP contribution in [0.5, 0.6) is 5.75 Å². The minimum Gasteiger partial charge on any atom is -0.496 e. The predicted octanol–water partition coefficient (Wildman–Crippen LogP) is 3.69. The van der Waals surface area contributed by atoms with Crippen molar-refractivity contribution in [2.24, 2.45) is 0 Å². The van der Waals surface area contributed by atoms with Crippen LogP contribution < -0.4 is 14.4 Å². The number of hydrogen-bond acceptors (Lipinski definition) is 4. The molecule has 2 atom stereocenters. The molecule has 0 saturated carbocycles. The number of methoxy groups -OCH3 is 1. The smallest absolute Gasteiger partial charge is 0.244 e. The normalized spacial score (nSPS) is 13.5. The van der Waals surface area contributed by atoms with E-state index in [2.05, 4.69) is 5.32 Å². The molecule has 1 amide bonds. The summed E-state index contributed by atoms with van der Waals surface area (Å²) in [6.07, 6.45) is 1.06. The van der Waals surface area contributed by atoms with Gasteiger partial charge >= 0.3 is 0 Å². The summed E-state index contributed by atoms with van der Waals surface area (Å²) in [7, 11) is -2.16. The Labute approximate surface area is 171 Å². The second kappa shape index (κ2) is 8.84. The molecule has 0 bridgehead atoms. The van der Waals surface area contributed by atoms with Crippen molar-refractivity contribution in [2.45, 2.75) is 32.9 Å². The number of benzene rings is 2. The number of carbonyl (C=O) groups excluding carboxylic acids is 1. The predicted molar refractivity (Wildman–Crippen MR) is 113 cm³/mol. The van der Waals surface area contributed by atoms with Gasteiger partial charge in [-0.1, -0.05) is 35.9 Å². The maximum absolute atomic E-state index is 12.8. The average molecular weight is 425 g/mol. The number of hydrogen-bond donors (Lipinski definition) is 1. The van der Waals surface area contributed by atoms with E-state index in [1.165, 1.54) is 0 Å². The molecule has 0 fully saturated rings. The van der Waals surface area contributed by atoms with Crippen LogP contribution in [0.2, 0.25) is 5.02 Å². The standard InChI is InChI=1S/C20H25ClN2O4S/c1-13-10-11-16(12-18(13)21)23(28(5,25)26)15(3)20(24)22-14(2)17-8-6-7-9-19(17)27-4/h6-12,14-15H,1-5H3,(H,22,24)/t14-,15-/m0/s1. The van der Waals surface area contributed by atoms with Crippen molar-refractivity contribution in [2.75, 3.05) is 17.7 Å². The Balaban J connectivity index is 2.30. The summed E-state index contributed by atoms with van der Waals surface area (Å²) in [5, 5.41) is 3.29. The molecule has 28 heavy (non-hydrogen) atoms. The summed E-state index contributed by atoms with van der Waals surface area (Å²) in [4.78, 5) is 12.8. The van der Waals surface area contributed by atoms with E-state index in [4.69, 9.17) is 16.3 Å². The monoisotopic (exact) mass is 424 g/mol. The van der Waals surface area contributed by atoms with E-state index in [1.807, 2.05) is 32.0 Å². The van der Waals surface area contributed by atoms with E-state index in [0.717, 1.165) is 21.7 Å². The fraction of sp³-hybridized carbons (Fsp3) is 0.350. The number of rotatable bonds is 7. The number of sulfonamides is 1. The van der Waals surface area contributed by atoms with Gasteiger partial charge in [0.25, 0.3) is 0 Å². The second-order valence-corrected chi connectivity index (χ2v) is 8.91. The summed E-state index contributed by atoms with van der Waals surface area (Å²) in [6, 6.07) is 10.9. The largest absolute Gasteiger partial charge is 0.496 e. The van der Waals surface area contributed by atoms with Gasteiger partial charge in [-0.3, -0.25) is 9.10 Å². The Bertz CT molecular complexity index is 962. The molecule has 0 aromatic heterocycles. The molecule has 2 aromatic carbocycles. The van der Waals surface area contributed by atoms with Gasteiger partial charge in [-0.2, -0.15) is 0 Å². The number of carbonyl (C=O) groups is 1. The molecule has 0 radical (unpaired) electrons. The van der Waals surface area contributed by atoms with Crippen LogP contribution in [-0.2, 0) is 14.8 Å². The number of ether oxygens (including phenoxy) is 1. The Hall–Kier alpha value is -2.25. The third-order valence-corrected chi connectivity index (χ3v) is 6.11. The van der Waals surface area contributed by atoms with Crippen LogP contribution in [0.1, 0.15) is 31.0 Å². The van der Waals surface area contributed by atoms with Crippen molar-refractivity contribution in [3.05, 3.63) is 58.6 Å². The van der Waals surface area contributed by atoms with Gasteiger partial charge in [0.1, 0.15) is 11.8 Å². The second-order valence-electron chi connectivity index (χ2n) is 6.64. The topological polar surface area (TPSA) is 75.7 Å². The molecule has 2 rings (SSSR count). The third kappa shape index (κ3) is 4.97. The van der Waals surface area contributed by atoms with Crippen LogP contribution in [0, 0.1) is 6.92 Å². The minimum absolute atomic E-state index is 0.339. The Morgan fingerprint density at radius 1 is 1.18 bits per heavy atom. The zero-order chi connectivity index (χ0) is 21.1. The zero-order valence-corrected chi connectivity index (χ0v) is 18.1. The van der Waals surface area contributed by atoms with Crippen molar-refractivity contribution in [3.8, 4) is 5.75 Å². The molecule has 152 valence electrons. The van der Waals surface area contributed by atoms with Gasteiger partial charge in [0.15, 0.2) is 0 Å². The zero-order valence-electron chi connectivity index (χ0n) is 16.6. The molecule has 6 nitrogen and oxygen atoms in total. The lowest BCUT2D eigenvalue weighted by Crippen LogP contribution is -2.48. The number of aryl methyl sites for hydroxylation is 1. The Kier molecular flexibility index (Phi) is 6.96. The van der Waals surface area contributed by atoms with Crippen LogP contribution in [0.15, 0.2) is 42.5 Å². The molecule has 0 spiro atoms. The van der Waals surface area contributed by atoms with E-state index >= 15 is 0 Å². The van der Waals surface area contributed by atoms with Gasteiger partial charge in [0.2, 0.25) is 15.9 Å². The number of nitrogens with one attached hydrogen (secondary N) is 1. The van der Waals surface area contributed by atoms with Gasteiger partial charge in [0.05, 0.1) is 25.1 Å². The average Bonchev–Trinajstić information content (AvgIpc) is 2.63. The number of nitrogens with zero attached hydrogens (tertiary/aromatic N) is 1. The molecule has 8 heteroatoms. The first-order valence-electron chi connectivity index (χ1n) is 8.75. The summed E-state index contributed by atoms with van der Waals surface area (Å²) in [6.45, 7) is 5.18. The molecular weight excluding hydrogens is 400 g/mol. The molecule has 0 aliphatic heterocycles. The van der Waals surface area contributed by atoms with Crippen LogP contribution in [-0.4, -0.2) is 33.7 Å². The highest BCUT2D eigenvalue weighted by molar-refractivity contribution is 7.92.